The predicted molar refractivity (Wildman–Crippen MR) is 87.2 cm³/mol. The van der Waals surface area contributed by atoms with Crippen LogP contribution in [0.2, 0.25) is 5.02 Å². The lowest BCUT2D eigenvalue weighted by molar-refractivity contribution is -0.385. The van der Waals surface area contributed by atoms with Crippen molar-refractivity contribution in [1.82, 2.24) is 0 Å². The lowest BCUT2D eigenvalue weighted by Gasteiger charge is -2.16. The Morgan fingerprint density at radius 3 is 2.74 bits per heavy atom. The molecule has 0 aliphatic rings. The first-order valence-corrected chi connectivity index (χ1v) is 7.22. The molecular weight excluding hydrogens is 320 g/mol. The van der Waals surface area contributed by atoms with Gasteiger partial charge in [-0.15, -0.1) is 0 Å². The number of hydrogen-bond acceptors (Lipinski definition) is 5. The van der Waals surface area contributed by atoms with Gasteiger partial charge in [0, 0.05) is 17.3 Å². The first-order chi connectivity index (χ1) is 10.9. The molecule has 0 aliphatic heterocycles. The molecule has 2 rings (SSSR count). The van der Waals surface area contributed by atoms with Crippen molar-refractivity contribution in [1.29, 1.82) is 0 Å². The largest absolute Gasteiger partial charge is 0.870 e. The number of nitro groups is 1. The second-order valence-corrected chi connectivity index (χ2v) is 5.18. The molecule has 2 aromatic rings. The molecular formula is C16H14ClN2O4-. The summed E-state index contributed by atoms with van der Waals surface area (Å²) in [5, 5.41) is 23.7. The van der Waals surface area contributed by atoms with Crippen molar-refractivity contribution < 1.29 is 14.8 Å². The van der Waals surface area contributed by atoms with Crippen LogP contribution in [0.3, 0.4) is 0 Å². The molecule has 120 valence electrons. The number of ether oxygens (including phenoxy) is 1. The van der Waals surface area contributed by atoms with Crippen molar-refractivity contribution in [2.45, 2.75) is 13.8 Å². The van der Waals surface area contributed by atoms with Gasteiger partial charge in [0.05, 0.1) is 23.3 Å². The van der Waals surface area contributed by atoms with Crippen LogP contribution in [-0.4, -0.2) is 17.7 Å². The van der Waals surface area contributed by atoms with Gasteiger partial charge in [-0.1, -0.05) is 23.4 Å². The summed E-state index contributed by atoms with van der Waals surface area (Å²) in [6.45, 7) is 3.78. The maximum absolute atomic E-state index is 12.2. The van der Waals surface area contributed by atoms with E-state index in [0.29, 0.717) is 10.7 Å². The number of rotatable bonds is 5. The molecule has 0 heterocycles. The quantitative estimate of drug-likeness (QED) is 0.473. The summed E-state index contributed by atoms with van der Waals surface area (Å²) >= 11 is 5.92. The monoisotopic (exact) mass is 333 g/mol. The van der Waals surface area contributed by atoms with Crippen molar-refractivity contribution in [3.8, 4) is 11.5 Å². The minimum absolute atomic E-state index is 0.0639. The Hall–Kier alpha value is -2.60. The molecule has 0 atom stereocenters. The molecule has 6 nitrogen and oxygen atoms in total. The number of nitrogens with zero attached hydrogens (tertiary/aromatic N) is 2. The van der Waals surface area contributed by atoms with Crippen LogP contribution < -0.4 is 9.84 Å². The molecule has 0 saturated carbocycles. The molecule has 0 aromatic heterocycles. The van der Waals surface area contributed by atoms with Crippen LogP contribution in [0, 0.1) is 17.0 Å². The number of aliphatic imine (C=N–C) groups is 1. The van der Waals surface area contributed by atoms with Gasteiger partial charge in [0.2, 0.25) is 0 Å². The Morgan fingerprint density at radius 1 is 1.35 bits per heavy atom. The van der Waals surface area contributed by atoms with Gasteiger partial charge in [-0.25, -0.2) is 0 Å². The zero-order chi connectivity index (χ0) is 17.0. The number of non-ortho nitro benzene ring substituents is 1. The maximum atomic E-state index is 12.2. The van der Waals surface area contributed by atoms with E-state index in [4.69, 9.17) is 16.3 Å². The van der Waals surface area contributed by atoms with Gasteiger partial charge in [0.25, 0.3) is 5.69 Å². The molecule has 2 aromatic carbocycles. The highest BCUT2D eigenvalue weighted by molar-refractivity contribution is 6.30. The average molecular weight is 334 g/mol. The fraction of sp³-hybridized carbons (Fsp3) is 0.188. The number of benzene rings is 2. The van der Waals surface area contributed by atoms with Gasteiger partial charge in [-0.2, -0.15) is 0 Å². The first-order valence-electron chi connectivity index (χ1n) is 6.84. The first kappa shape index (κ1) is 16.8. The normalized spacial score (nSPS) is 10.9. The third-order valence-electron chi connectivity index (χ3n) is 3.09. The molecule has 0 amide bonds. The number of aryl methyl sites for hydroxylation is 1. The summed E-state index contributed by atoms with van der Waals surface area (Å²) in [6.07, 6.45) is 1.29. The molecule has 23 heavy (non-hydrogen) atoms. The zero-order valence-electron chi connectivity index (χ0n) is 12.6. The topological polar surface area (TPSA) is 87.8 Å². The Kier molecular flexibility index (Phi) is 5.18. The predicted octanol–water partition coefficient (Wildman–Crippen LogP) is 3.78. The van der Waals surface area contributed by atoms with E-state index in [0.717, 1.165) is 11.6 Å². The highest BCUT2D eigenvalue weighted by Crippen LogP contribution is 2.32. The minimum atomic E-state index is -0.579. The molecule has 0 fully saturated rings. The molecule has 0 saturated heterocycles. The summed E-state index contributed by atoms with van der Waals surface area (Å²) in [7, 11) is 0. The van der Waals surface area contributed by atoms with E-state index in [1.54, 1.807) is 25.1 Å². The van der Waals surface area contributed by atoms with Crippen LogP contribution in [0.5, 0.6) is 11.5 Å². The smallest absolute Gasteiger partial charge is 0.273 e. The Morgan fingerprint density at radius 2 is 2.09 bits per heavy atom. The van der Waals surface area contributed by atoms with Gasteiger partial charge in [0.15, 0.2) is 0 Å². The molecule has 0 unspecified atom stereocenters. The third kappa shape index (κ3) is 3.98. The summed E-state index contributed by atoms with van der Waals surface area (Å²) < 4.78 is 5.16. The van der Waals surface area contributed by atoms with Crippen LogP contribution in [0.15, 0.2) is 35.3 Å². The van der Waals surface area contributed by atoms with Gasteiger partial charge in [-0.3, -0.25) is 15.1 Å². The number of nitro benzene ring substituents is 1. The number of halogens is 1. The van der Waals surface area contributed by atoms with Crippen LogP contribution in [0.1, 0.15) is 18.1 Å². The minimum Gasteiger partial charge on any atom is -0.870 e. The molecule has 0 spiro atoms. The zero-order valence-corrected chi connectivity index (χ0v) is 13.3. The maximum Gasteiger partial charge on any atom is 0.273 e. The molecule has 0 radical (unpaired) electrons. The van der Waals surface area contributed by atoms with Crippen molar-refractivity contribution in [2.24, 2.45) is 4.99 Å². The lowest BCUT2D eigenvalue weighted by atomic mass is 10.1. The third-order valence-corrected chi connectivity index (χ3v) is 3.33. The number of hydrogen-bond donors (Lipinski definition) is 0. The van der Waals surface area contributed by atoms with E-state index >= 15 is 0 Å². The standard InChI is InChI=1S/C16H15ClN2O4/c1-3-23-15-8-13(19(21)22)6-11(16(15)20)9-18-14-7-12(17)5-4-10(14)2/h4-9,20H,3H2,1-2H3/p-1. The van der Waals surface area contributed by atoms with Gasteiger partial charge in [0.1, 0.15) is 5.75 Å². The highest BCUT2D eigenvalue weighted by Gasteiger charge is 2.11. The summed E-state index contributed by atoms with van der Waals surface area (Å²) in [5.41, 5.74) is 1.31. The fourth-order valence-electron chi connectivity index (χ4n) is 1.93. The SMILES string of the molecule is CCOc1cc([N+](=O)[O-])cc(C=Nc2cc(Cl)ccc2C)c1[O-]. The van der Waals surface area contributed by atoms with Crippen LogP contribution in [0.25, 0.3) is 0 Å². The summed E-state index contributed by atoms with van der Waals surface area (Å²) in [4.78, 5) is 14.6. The van der Waals surface area contributed by atoms with Crippen molar-refractivity contribution in [2.75, 3.05) is 6.61 Å². The second kappa shape index (κ2) is 7.11. The summed E-state index contributed by atoms with van der Waals surface area (Å²) in [6, 6.07) is 7.47. The van der Waals surface area contributed by atoms with E-state index in [2.05, 4.69) is 4.99 Å². The van der Waals surface area contributed by atoms with E-state index in [9.17, 15) is 15.2 Å². The van der Waals surface area contributed by atoms with Gasteiger partial charge >= 0.3 is 0 Å². The van der Waals surface area contributed by atoms with Gasteiger partial charge < -0.3 is 9.84 Å². The van der Waals surface area contributed by atoms with Crippen LogP contribution >= 0.6 is 11.6 Å². The fourth-order valence-corrected chi connectivity index (χ4v) is 2.10. The van der Waals surface area contributed by atoms with Crippen LogP contribution in [0.4, 0.5) is 11.4 Å². The Bertz CT molecular complexity index is 775. The molecule has 7 heteroatoms. The highest BCUT2D eigenvalue weighted by atomic mass is 35.5. The molecule has 0 aliphatic carbocycles. The lowest BCUT2D eigenvalue weighted by Crippen LogP contribution is -2.04. The average Bonchev–Trinajstić information content (AvgIpc) is 2.51. The molecule has 0 bridgehead atoms. The summed E-state index contributed by atoms with van der Waals surface area (Å²) in [5.74, 6) is -0.508. The van der Waals surface area contributed by atoms with Crippen molar-refractivity contribution >= 4 is 29.2 Å². The van der Waals surface area contributed by atoms with E-state index < -0.39 is 10.7 Å². The van der Waals surface area contributed by atoms with E-state index in [-0.39, 0.29) is 23.6 Å². The second-order valence-electron chi connectivity index (χ2n) is 4.74. The van der Waals surface area contributed by atoms with Crippen LogP contribution in [-0.2, 0) is 0 Å². The van der Waals surface area contributed by atoms with E-state index in [1.807, 2.05) is 6.92 Å². The Labute approximate surface area is 138 Å². The van der Waals surface area contributed by atoms with Crippen molar-refractivity contribution in [3.63, 3.8) is 0 Å². The van der Waals surface area contributed by atoms with Crippen molar-refractivity contribution in [3.05, 3.63) is 56.6 Å². The Balaban J connectivity index is 2.47. The molecule has 0 N–H and O–H groups in total. The van der Waals surface area contributed by atoms with E-state index in [1.165, 1.54) is 12.3 Å². The van der Waals surface area contributed by atoms with Gasteiger partial charge in [-0.05, 0) is 37.1 Å².